The van der Waals surface area contributed by atoms with Crippen molar-refractivity contribution < 1.29 is 13.2 Å². The van der Waals surface area contributed by atoms with Crippen molar-refractivity contribution in [1.29, 1.82) is 0 Å². The maximum atomic E-state index is 12.0. The summed E-state index contributed by atoms with van der Waals surface area (Å²) in [4.78, 5) is 12.0. The molecule has 1 aromatic carbocycles. The van der Waals surface area contributed by atoms with Gasteiger partial charge in [-0.3, -0.25) is 4.79 Å². The molecule has 0 aliphatic heterocycles. The molecule has 20 heavy (non-hydrogen) atoms. The second kappa shape index (κ2) is 6.70. The van der Waals surface area contributed by atoms with Crippen molar-refractivity contribution in [3.8, 4) is 0 Å². The van der Waals surface area contributed by atoms with Gasteiger partial charge in [-0.15, -0.1) is 6.58 Å². The van der Waals surface area contributed by atoms with Crippen LogP contribution in [0.2, 0.25) is 0 Å². The van der Waals surface area contributed by atoms with E-state index in [4.69, 9.17) is 0 Å². The molecule has 0 aliphatic rings. The Morgan fingerprint density at radius 1 is 1.25 bits per heavy atom. The van der Waals surface area contributed by atoms with Crippen LogP contribution in [0.15, 0.2) is 41.8 Å². The number of nitrogens with one attached hydrogen (secondary N) is 1. The molecule has 0 saturated carbocycles. The molecule has 1 aromatic rings. The highest BCUT2D eigenvalue weighted by molar-refractivity contribution is 7.92. The maximum Gasteiger partial charge on any atom is 0.224 e. The Morgan fingerprint density at radius 3 is 2.25 bits per heavy atom. The van der Waals surface area contributed by atoms with Crippen LogP contribution in [0.5, 0.6) is 0 Å². The first-order chi connectivity index (χ1) is 9.27. The van der Waals surface area contributed by atoms with E-state index in [-0.39, 0.29) is 23.3 Å². The summed E-state index contributed by atoms with van der Waals surface area (Å²) in [5, 5.41) is 2.31. The topological polar surface area (TPSA) is 63.2 Å². The van der Waals surface area contributed by atoms with Gasteiger partial charge in [-0.1, -0.05) is 18.2 Å². The van der Waals surface area contributed by atoms with Crippen LogP contribution < -0.4 is 5.32 Å². The van der Waals surface area contributed by atoms with E-state index in [1.165, 1.54) is 0 Å². The summed E-state index contributed by atoms with van der Waals surface area (Å²) in [5.41, 5.74) is 0.779. The van der Waals surface area contributed by atoms with Gasteiger partial charge in [0.15, 0.2) is 9.84 Å². The third-order valence-electron chi connectivity index (χ3n) is 2.98. The first kappa shape index (κ1) is 16.4. The second-order valence-electron chi connectivity index (χ2n) is 5.01. The Labute approximate surface area is 120 Å². The Balaban J connectivity index is 2.78. The Kier molecular flexibility index (Phi) is 5.51. The first-order valence-corrected chi connectivity index (χ1v) is 8.06. The zero-order valence-electron chi connectivity index (χ0n) is 12.1. The molecule has 0 fully saturated rings. The van der Waals surface area contributed by atoms with Crippen LogP contribution in [0.1, 0.15) is 26.3 Å². The van der Waals surface area contributed by atoms with Crippen LogP contribution in [0.3, 0.4) is 0 Å². The van der Waals surface area contributed by atoms with E-state index in [1.807, 2.05) is 6.92 Å². The SMILES string of the molecule is C=CC(C)NC(=O)Cc1ccc(S(=O)(=O)C(C)C)cc1. The number of sulfone groups is 1. The molecule has 0 aliphatic carbocycles. The van der Waals surface area contributed by atoms with Crippen LogP contribution in [-0.2, 0) is 21.1 Å². The van der Waals surface area contributed by atoms with E-state index in [0.717, 1.165) is 5.56 Å². The highest BCUT2D eigenvalue weighted by Gasteiger charge is 2.18. The first-order valence-electron chi connectivity index (χ1n) is 6.52. The average molecular weight is 295 g/mol. The molecule has 0 bridgehead atoms. The van der Waals surface area contributed by atoms with Gasteiger partial charge in [0.2, 0.25) is 5.91 Å². The number of carbonyl (C=O) groups excluding carboxylic acids is 1. The standard InChI is InChI=1S/C15H21NO3S/c1-5-12(4)16-15(17)10-13-6-8-14(9-7-13)20(18,19)11(2)3/h5-9,11-12H,1,10H2,2-4H3,(H,16,17). The van der Waals surface area contributed by atoms with Crippen molar-refractivity contribution in [2.75, 3.05) is 0 Å². The van der Waals surface area contributed by atoms with Gasteiger partial charge in [0, 0.05) is 6.04 Å². The fourth-order valence-electron chi connectivity index (χ4n) is 1.62. The minimum atomic E-state index is -3.26. The van der Waals surface area contributed by atoms with Crippen LogP contribution in [-0.4, -0.2) is 25.6 Å². The Morgan fingerprint density at radius 2 is 1.80 bits per heavy atom. The maximum absolute atomic E-state index is 12.0. The average Bonchev–Trinajstić information content (AvgIpc) is 2.38. The number of benzene rings is 1. The summed E-state index contributed by atoms with van der Waals surface area (Å²) in [6, 6.07) is 6.37. The van der Waals surface area contributed by atoms with Crippen molar-refractivity contribution in [2.45, 2.75) is 43.4 Å². The summed E-state index contributed by atoms with van der Waals surface area (Å²) in [7, 11) is -3.26. The lowest BCUT2D eigenvalue weighted by Crippen LogP contribution is -2.32. The number of hydrogen-bond donors (Lipinski definition) is 1. The molecular weight excluding hydrogens is 274 g/mol. The van der Waals surface area contributed by atoms with Gasteiger partial charge in [0.25, 0.3) is 0 Å². The zero-order chi connectivity index (χ0) is 15.3. The largest absolute Gasteiger partial charge is 0.350 e. The molecule has 0 aromatic heterocycles. The highest BCUT2D eigenvalue weighted by Crippen LogP contribution is 2.16. The van der Waals surface area contributed by atoms with Crippen LogP contribution in [0, 0.1) is 0 Å². The van der Waals surface area contributed by atoms with Crippen molar-refractivity contribution in [3.63, 3.8) is 0 Å². The molecule has 1 N–H and O–H groups in total. The normalized spacial score (nSPS) is 13.0. The molecule has 1 rings (SSSR count). The van der Waals surface area contributed by atoms with Gasteiger partial charge in [0.05, 0.1) is 16.6 Å². The van der Waals surface area contributed by atoms with Crippen molar-refractivity contribution >= 4 is 15.7 Å². The Bertz CT molecular complexity index is 574. The molecule has 0 saturated heterocycles. The molecule has 4 nitrogen and oxygen atoms in total. The summed E-state index contributed by atoms with van der Waals surface area (Å²) >= 11 is 0. The number of rotatable bonds is 6. The quantitative estimate of drug-likeness (QED) is 0.818. The van der Waals surface area contributed by atoms with E-state index in [0.29, 0.717) is 0 Å². The summed E-state index contributed by atoms with van der Waals surface area (Å²) in [6.07, 6.45) is 1.87. The van der Waals surface area contributed by atoms with E-state index in [1.54, 1.807) is 44.2 Å². The predicted octanol–water partition coefficient (Wildman–Crippen LogP) is 2.10. The lowest BCUT2D eigenvalue weighted by molar-refractivity contribution is -0.120. The highest BCUT2D eigenvalue weighted by atomic mass is 32.2. The third kappa shape index (κ3) is 4.20. The fraction of sp³-hybridized carbons (Fsp3) is 0.400. The molecule has 0 spiro atoms. The van der Waals surface area contributed by atoms with E-state index in [9.17, 15) is 13.2 Å². The summed E-state index contributed by atoms with van der Waals surface area (Å²) in [6.45, 7) is 8.72. The molecule has 1 unspecified atom stereocenters. The number of hydrogen-bond acceptors (Lipinski definition) is 3. The lowest BCUT2D eigenvalue weighted by atomic mass is 10.1. The van der Waals surface area contributed by atoms with Gasteiger partial charge in [-0.05, 0) is 38.5 Å². The molecule has 1 amide bonds. The molecule has 0 radical (unpaired) electrons. The molecule has 1 atom stereocenters. The van der Waals surface area contributed by atoms with Crippen molar-refractivity contribution in [3.05, 3.63) is 42.5 Å². The van der Waals surface area contributed by atoms with Crippen molar-refractivity contribution in [2.24, 2.45) is 0 Å². The van der Waals surface area contributed by atoms with Gasteiger partial charge in [-0.2, -0.15) is 0 Å². The zero-order valence-corrected chi connectivity index (χ0v) is 12.9. The van der Waals surface area contributed by atoms with Crippen molar-refractivity contribution in [1.82, 2.24) is 5.32 Å². The van der Waals surface area contributed by atoms with E-state index >= 15 is 0 Å². The van der Waals surface area contributed by atoms with Gasteiger partial charge < -0.3 is 5.32 Å². The van der Waals surface area contributed by atoms with E-state index < -0.39 is 15.1 Å². The minimum Gasteiger partial charge on any atom is -0.350 e. The van der Waals surface area contributed by atoms with Crippen LogP contribution in [0.25, 0.3) is 0 Å². The predicted molar refractivity (Wildman–Crippen MR) is 80.3 cm³/mol. The van der Waals surface area contributed by atoms with Crippen LogP contribution in [0.4, 0.5) is 0 Å². The molecular formula is C15H21NO3S. The second-order valence-corrected chi connectivity index (χ2v) is 7.51. The minimum absolute atomic E-state index is 0.0805. The van der Waals surface area contributed by atoms with Gasteiger partial charge in [0.1, 0.15) is 0 Å². The van der Waals surface area contributed by atoms with Gasteiger partial charge >= 0.3 is 0 Å². The summed E-state index contributed by atoms with van der Waals surface area (Å²) < 4.78 is 23.9. The third-order valence-corrected chi connectivity index (χ3v) is 5.15. The monoisotopic (exact) mass is 295 g/mol. The molecule has 110 valence electrons. The molecule has 5 heteroatoms. The Hall–Kier alpha value is -1.62. The number of carbonyl (C=O) groups is 1. The van der Waals surface area contributed by atoms with E-state index in [2.05, 4.69) is 11.9 Å². The fourth-order valence-corrected chi connectivity index (χ4v) is 2.68. The number of amides is 1. The summed E-state index contributed by atoms with van der Waals surface area (Å²) in [5.74, 6) is -0.114. The molecule has 0 heterocycles. The lowest BCUT2D eigenvalue weighted by Gasteiger charge is -2.10. The van der Waals surface area contributed by atoms with Crippen LogP contribution >= 0.6 is 0 Å². The van der Waals surface area contributed by atoms with Gasteiger partial charge in [-0.25, -0.2) is 8.42 Å². The smallest absolute Gasteiger partial charge is 0.224 e.